The maximum atomic E-state index is 12.8. The van der Waals surface area contributed by atoms with Crippen LogP contribution in [0.4, 0.5) is 0 Å². The van der Waals surface area contributed by atoms with Crippen LogP contribution in [0, 0.1) is 0 Å². The fraction of sp³-hybridized carbons (Fsp3) is 0.846. The van der Waals surface area contributed by atoms with E-state index in [0.29, 0.717) is 26.2 Å². The first kappa shape index (κ1) is 16.6. The number of hydrogen-bond acceptors (Lipinski definition) is 5. The van der Waals surface area contributed by atoms with E-state index in [1.807, 2.05) is 7.05 Å². The highest BCUT2D eigenvalue weighted by Crippen LogP contribution is 2.21. The molecule has 10 heteroatoms. The van der Waals surface area contributed by atoms with Crippen LogP contribution < -0.4 is 0 Å². The lowest BCUT2D eigenvalue weighted by molar-refractivity contribution is -0.156. The zero-order valence-electron chi connectivity index (χ0n) is 13.5. The molecular weight excluding hydrogens is 322 g/mol. The Morgan fingerprint density at radius 3 is 2.17 bits per heavy atom. The number of likely N-dealkylation sites (N-methyl/N-ethyl adjacent to an activating group) is 2. The summed E-state index contributed by atoms with van der Waals surface area (Å²) in [6.07, 6.45) is 0. The Labute approximate surface area is 136 Å². The summed E-state index contributed by atoms with van der Waals surface area (Å²) in [7, 11) is -0.0481. The molecule has 130 valence electrons. The number of piperazine rings is 3. The van der Waals surface area contributed by atoms with Gasteiger partial charge >= 0.3 is 0 Å². The zero-order chi connectivity index (χ0) is 16.8. The zero-order valence-corrected chi connectivity index (χ0v) is 14.3. The van der Waals surface area contributed by atoms with Gasteiger partial charge < -0.3 is 14.7 Å². The largest absolute Gasteiger partial charge is 0.335 e. The lowest BCUT2D eigenvalue weighted by atomic mass is 10.1. The highest BCUT2D eigenvalue weighted by molar-refractivity contribution is 7.86. The minimum Gasteiger partial charge on any atom is -0.335 e. The van der Waals surface area contributed by atoms with Gasteiger partial charge in [0.2, 0.25) is 11.8 Å². The third-order valence-electron chi connectivity index (χ3n) is 4.81. The number of carbonyl (C=O) groups is 2. The van der Waals surface area contributed by atoms with Crippen molar-refractivity contribution in [3.8, 4) is 0 Å². The first-order valence-electron chi connectivity index (χ1n) is 7.79. The Hall–Kier alpha value is -1.23. The third kappa shape index (κ3) is 2.95. The van der Waals surface area contributed by atoms with E-state index in [1.54, 1.807) is 7.05 Å². The van der Waals surface area contributed by atoms with Gasteiger partial charge in [-0.05, 0) is 7.05 Å². The number of amides is 2. The Morgan fingerprint density at radius 1 is 0.913 bits per heavy atom. The lowest BCUT2D eigenvalue weighted by Crippen LogP contribution is -2.67. The lowest BCUT2D eigenvalue weighted by Gasteiger charge is -2.45. The molecule has 3 aliphatic rings. The predicted molar refractivity (Wildman–Crippen MR) is 82.7 cm³/mol. The highest BCUT2D eigenvalue weighted by Gasteiger charge is 2.45. The molecule has 0 aromatic heterocycles. The summed E-state index contributed by atoms with van der Waals surface area (Å²) >= 11 is 0. The van der Waals surface area contributed by atoms with Crippen LogP contribution in [0.2, 0.25) is 0 Å². The minimum atomic E-state index is -3.59. The predicted octanol–water partition coefficient (Wildman–Crippen LogP) is -2.54. The van der Waals surface area contributed by atoms with Gasteiger partial charge in [0.1, 0.15) is 6.04 Å². The molecular formula is C13H23N5O4S. The van der Waals surface area contributed by atoms with Gasteiger partial charge in [0, 0.05) is 52.9 Å². The summed E-state index contributed by atoms with van der Waals surface area (Å²) in [5.74, 6) is -0.309. The number of hydrogen-bond donors (Lipinski definition) is 0. The van der Waals surface area contributed by atoms with Gasteiger partial charge in [-0.3, -0.25) is 9.59 Å². The van der Waals surface area contributed by atoms with E-state index < -0.39 is 16.3 Å². The fourth-order valence-corrected chi connectivity index (χ4v) is 4.88. The second-order valence-electron chi connectivity index (χ2n) is 6.37. The van der Waals surface area contributed by atoms with Crippen molar-refractivity contribution in [1.82, 2.24) is 23.3 Å². The van der Waals surface area contributed by atoms with Gasteiger partial charge in [-0.1, -0.05) is 0 Å². The van der Waals surface area contributed by atoms with Crippen LogP contribution in [0.15, 0.2) is 0 Å². The molecule has 2 amide bonds. The molecule has 0 unspecified atom stereocenters. The van der Waals surface area contributed by atoms with Crippen LogP contribution >= 0.6 is 0 Å². The molecule has 23 heavy (non-hydrogen) atoms. The molecule has 0 N–H and O–H groups in total. The quantitative estimate of drug-likeness (QED) is 0.551. The highest BCUT2D eigenvalue weighted by atomic mass is 32.2. The van der Waals surface area contributed by atoms with E-state index in [0.717, 1.165) is 0 Å². The monoisotopic (exact) mass is 345 g/mol. The minimum absolute atomic E-state index is 0.0452. The molecule has 0 saturated carbocycles. The summed E-state index contributed by atoms with van der Waals surface area (Å²) in [4.78, 5) is 29.3. The van der Waals surface area contributed by atoms with Crippen molar-refractivity contribution in [3.63, 3.8) is 0 Å². The van der Waals surface area contributed by atoms with Crippen LogP contribution in [-0.4, -0.2) is 116 Å². The smallest absolute Gasteiger partial charge is 0.282 e. The van der Waals surface area contributed by atoms with Crippen molar-refractivity contribution >= 4 is 22.0 Å². The van der Waals surface area contributed by atoms with Gasteiger partial charge in [-0.25, -0.2) is 0 Å². The van der Waals surface area contributed by atoms with Crippen LogP contribution in [0.1, 0.15) is 0 Å². The Bertz CT molecular complexity index is 601. The van der Waals surface area contributed by atoms with E-state index in [2.05, 4.69) is 4.90 Å². The first-order valence-corrected chi connectivity index (χ1v) is 9.18. The molecule has 0 spiro atoms. The van der Waals surface area contributed by atoms with Crippen molar-refractivity contribution in [2.75, 3.05) is 66.5 Å². The molecule has 9 nitrogen and oxygen atoms in total. The van der Waals surface area contributed by atoms with Gasteiger partial charge in [-0.15, -0.1) is 0 Å². The summed E-state index contributed by atoms with van der Waals surface area (Å²) < 4.78 is 28.4. The molecule has 3 saturated heterocycles. The van der Waals surface area contributed by atoms with Crippen LogP contribution in [0.3, 0.4) is 0 Å². The van der Waals surface area contributed by atoms with Crippen molar-refractivity contribution in [2.45, 2.75) is 6.04 Å². The number of carbonyl (C=O) groups excluding carboxylic acids is 2. The Kier molecular flexibility index (Phi) is 4.34. The number of nitrogens with zero attached hydrogens (tertiary/aromatic N) is 5. The van der Waals surface area contributed by atoms with Crippen LogP contribution in [0.25, 0.3) is 0 Å². The second kappa shape index (κ2) is 6.00. The molecule has 0 aromatic rings. The van der Waals surface area contributed by atoms with E-state index in [4.69, 9.17) is 0 Å². The topological polar surface area (TPSA) is 84.5 Å². The summed E-state index contributed by atoms with van der Waals surface area (Å²) in [6.45, 7) is 2.94. The third-order valence-corrected chi connectivity index (χ3v) is 6.81. The average molecular weight is 345 g/mol. The maximum absolute atomic E-state index is 12.8. The molecule has 3 heterocycles. The Balaban J connectivity index is 1.75. The molecule has 0 radical (unpaired) electrons. The second-order valence-corrected chi connectivity index (χ2v) is 8.29. The normalized spacial score (nSPS) is 29.0. The van der Waals surface area contributed by atoms with Gasteiger partial charge in [0.25, 0.3) is 10.2 Å². The van der Waals surface area contributed by atoms with Gasteiger partial charge in [-0.2, -0.15) is 17.0 Å². The van der Waals surface area contributed by atoms with Crippen molar-refractivity contribution in [2.24, 2.45) is 0 Å². The Morgan fingerprint density at radius 2 is 1.52 bits per heavy atom. The van der Waals surface area contributed by atoms with E-state index in [1.165, 1.54) is 18.4 Å². The van der Waals surface area contributed by atoms with Crippen molar-refractivity contribution in [3.05, 3.63) is 0 Å². The van der Waals surface area contributed by atoms with Crippen LogP contribution in [-0.2, 0) is 19.8 Å². The van der Waals surface area contributed by atoms with E-state index >= 15 is 0 Å². The molecule has 0 bridgehead atoms. The number of rotatable bonds is 2. The molecule has 3 rings (SSSR count). The summed E-state index contributed by atoms with van der Waals surface area (Å²) in [6, 6.07) is -0.697. The van der Waals surface area contributed by atoms with E-state index in [9.17, 15) is 18.0 Å². The average Bonchev–Trinajstić information content (AvgIpc) is 2.52. The standard InChI is InChI=1S/C13H23N5O4S/c1-14-3-5-16(6-4-14)23(21,22)17-7-8-18-11(9-17)13(20)15(2)10-12(18)19/h11H,3-10H2,1-2H3/t11-/m1/s1. The molecule has 3 fully saturated rings. The number of fused-ring (bicyclic) bond motifs is 1. The van der Waals surface area contributed by atoms with Crippen molar-refractivity contribution in [1.29, 1.82) is 0 Å². The first-order chi connectivity index (χ1) is 10.8. The molecule has 3 aliphatic heterocycles. The van der Waals surface area contributed by atoms with Gasteiger partial charge in [0.15, 0.2) is 0 Å². The summed E-state index contributed by atoms with van der Waals surface area (Å²) in [5, 5.41) is 0. The van der Waals surface area contributed by atoms with Crippen molar-refractivity contribution < 1.29 is 18.0 Å². The molecule has 0 aliphatic carbocycles. The van der Waals surface area contributed by atoms with E-state index in [-0.39, 0.29) is 38.0 Å². The SMILES string of the molecule is CN1CCN(S(=O)(=O)N2CCN3C(=O)CN(C)C(=O)[C@H]3C2)CC1. The van der Waals surface area contributed by atoms with Gasteiger partial charge in [0.05, 0.1) is 6.54 Å². The molecule has 0 aromatic carbocycles. The molecule has 1 atom stereocenters. The fourth-order valence-electron chi connectivity index (χ4n) is 3.29. The summed E-state index contributed by atoms with van der Waals surface area (Å²) in [5.41, 5.74) is 0. The maximum Gasteiger partial charge on any atom is 0.282 e. The van der Waals surface area contributed by atoms with Crippen LogP contribution in [0.5, 0.6) is 0 Å².